The second-order valence-electron chi connectivity index (χ2n) is 6.85. The number of hydrogen-bond acceptors (Lipinski definition) is 6. The highest BCUT2D eigenvalue weighted by Gasteiger charge is 2.35. The highest BCUT2D eigenvalue weighted by molar-refractivity contribution is 7.89. The number of fused-ring (bicyclic) bond motifs is 1. The van der Waals surface area contributed by atoms with Crippen LogP contribution in [-0.2, 0) is 10.0 Å². The summed E-state index contributed by atoms with van der Waals surface area (Å²) in [5, 5.41) is 5.56. The van der Waals surface area contributed by atoms with E-state index in [2.05, 4.69) is 19.4 Å². The number of amides is 2. The number of hydrogen-bond donors (Lipinski definition) is 2. The molecule has 1 fully saturated rings. The van der Waals surface area contributed by atoms with Crippen LogP contribution < -0.4 is 10.6 Å². The minimum absolute atomic E-state index is 0.171. The molecule has 1 unspecified atom stereocenters. The van der Waals surface area contributed by atoms with Gasteiger partial charge in [-0.05, 0) is 37.1 Å². The third-order valence-corrected chi connectivity index (χ3v) is 7.46. The predicted molar refractivity (Wildman–Crippen MR) is 112 cm³/mol. The molecule has 3 aromatic rings. The molecule has 2 heterocycles. The molecule has 0 aliphatic carbocycles. The van der Waals surface area contributed by atoms with Crippen LogP contribution in [0.4, 0.5) is 10.5 Å². The quantitative estimate of drug-likeness (QED) is 0.646. The van der Waals surface area contributed by atoms with Crippen LogP contribution in [0.1, 0.15) is 19.3 Å². The molecule has 0 spiro atoms. The third-order valence-electron chi connectivity index (χ3n) is 4.94. The summed E-state index contributed by atoms with van der Waals surface area (Å²) in [6.07, 6.45) is 2.40. The van der Waals surface area contributed by atoms with E-state index < -0.39 is 10.0 Å². The molecule has 0 saturated carbocycles. The van der Waals surface area contributed by atoms with Gasteiger partial charge in [0.05, 0.1) is 11.7 Å². The Balaban J connectivity index is 1.50. The molecule has 0 radical (unpaired) electrons. The maximum atomic E-state index is 13.4. The number of piperidine rings is 1. The number of nitrogens with one attached hydrogen (secondary N) is 2. The van der Waals surface area contributed by atoms with E-state index in [-0.39, 0.29) is 23.5 Å². The Hall–Kier alpha value is -2.56. The maximum absolute atomic E-state index is 13.4. The van der Waals surface area contributed by atoms with Gasteiger partial charge in [0, 0.05) is 24.8 Å². The molecule has 1 saturated heterocycles. The first-order valence-corrected chi connectivity index (χ1v) is 11.6. The topological polar surface area (TPSA) is 104 Å². The van der Waals surface area contributed by atoms with Crippen molar-refractivity contribution in [2.24, 2.45) is 0 Å². The average Bonchev–Trinajstić information content (AvgIpc) is 3.22. The van der Waals surface area contributed by atoms with E-state index in [0.717, 1.165) is 24.6 Å². The molecular weight excluding hydrogens is 410 g/mol. The number of urea groups is 1. The Morgan fingerprint density at radius 2 is 1.93 bits per heavy atom. The number of carbonyl (C=O) groups is 1. The first kappa shape index (κ1) is 19.7. The van der Waals surface area contributed by atoms with E-state index in [1.807, 2.05) is 18.2 Å². The van der Waals surface area contributed by atoms with Crippen LogP contribution in [0.3, 0.4) is 0 Å². The van der Waals surface area contributed by atoms with Gasteiger partial charge in [0.15, 0.2) is 0 Å². The van der Waals surface area contributed by atoms with Gasteiger partial charge in [-0.3, -0.25) is 0 Å². The number of carbonyl (C=O) groups excluding carboxylic acids is 1. The number of para-hydroxylation sites is 1. The summed E-state index contributed by atoms with van der Waals surface area (Å²) in [5.41, 5.74) is 1.66. The molecule has 4 rings (SSSR count). The largest absolute Gasteiger partial charge is 0.336 e. The number of sulfonamides is 1. The summed E-state index contributed by atoms with van der Waals surface area (Å²) >= 11 is 0.997. The van der Waals surface area contributed by atoms with Crippen molar-refractivity contribution in [1.82, 2.24) is 18.4 Å². The van der Waals surface area contributed by atoms with E-state index in [1.165, 1.54) is 4.31 Å². The van der Waals surface area contributed by atoms with Gasteiger partial charge in [-0.2, -0.15) is 13.1 Å². The highest BCUT2D eigenvalue weighted by atomic mass is 32.2. The van der Waals surface area contributed by atoms with Crippen LogP contribution in [-0.4, -0.2) is 46.6 Å². The second kappa shape index (κ2) is 8.44. The monoisotopic (exact) mass is 431 g/mol. The van der Waals surface area contributed by atoms with Crippen molar-refractivity contribution >= 4 is 44.5 Å². The Bertz CT molecular complexity index is 1100. The van der Waals surface area contributed by atoms with E-state index >= 15 is 0 Å². The molecule has 1 aliphatic rings. The zero-order valence-electron chi connectivity index (χ0n) is 15.6. The smallest absolute Gasteiger partial charge is 0.319 e. The number of anilines is 1. The lowest BCUT2D eigenvalue weighted by Gasteiger charge is -2.34. The van der Waals surface area contributed by atoms with Gasteiger partial charge >= 0.3 is 6.03 Å². The van der Waals surface area contributed by atoms with Gasteiger partial charge in [-0.1, -0.05) is 30.7 Å². The SMILES string of the molecule is O=C(NCC1CCCCN1S(=O)(=O)c1cccc2nsnc12)Nc1ccccc1. The fourth-order valence-electron chi connectivity index (χ4n) is 3.52. The van der Waals surface area contributed by atoms with Crippen molar-refractivity contribution in [3.8, 4) is 0 Å². The lowest BCUT2D eigenvalue weighted by molar-refractivity contribution is 0.231. The second-order valence-corrected chi connectivity index (χ2v) is 9.24. The lowest BCUT2D eigenvalue weighted by Crippen LogP contribution is -2.49. The molecule has 1 atom stereocenters. The molecule has 1 aliphatic heterocycles. The summed E-state index contributed by atoms with van der Waals surface area (Å²) in [5.74, 6) is 0. The van der Waals surface area contributed by atoms with Crippen LogP contribution in [0.5, 0.6) is 0 Å². The molecule has 1 aromatic heterocycles. The first-order valence-electron chi connectivity index (χ1n) is 9.39. The minimum atomic E-state index is -3.75. The van der Waals surface area contributed by atoms with Crippen LogP contribution in [0.25, 0.3) is 11.0 Å². The van der Waals surface area contributed by atoms with E-state index in [0.29, 0.717) is 29.7 Å². The van der Waals surface area contributed by atoms with Gasteiger partial charge in [0.25, 0.3) is 0 Å². The minimum Gasteiger partial charge on any atom is -0.336 e. The van der Waals surface area contributed by atoms with Crippen LogP contribution in [0, 0.1) is 0 Å². The standard InChI is InChI=1S/C19H21N5O3S2/c25-19(21-14-7-2-1-3-8-14)20-13-15-9-4-5-12-24(15)29(26,27)17-11-6-10-16-18(17)23-28-22-16/h1-3,6-8,10-11,15H,4-5,9,12-13H2,(H2,20,21,25). The molecule has 10 heteroatoms. The van der Waals surface area contributed by atoms with E-state index in [9.17, 15) is 13.2 Å². The molecule has 2 N–H and O–H groups in total. The van der Waals surface area contributed by atoms with Gasteiger partial charge in [0.1, 0.15) is 15.9 Å². The Labute approximate surface area is 173 Å². The van der Waals surface area contributed by atoms with Gasteiger partial charge in [-0.25, -0.2) is 13.2 Å². The summed E-state index contributed by atoms with van der Waals surface area (Å²) in [7, 11) is -3.75. The lowest BCUT2D eigenvalue weighted by atomic mass is 10.1. The molecule has 8 nitrogen and oxygen atoms in total. The van der Waals surface area contributed by atoms with Crippen LogP contribution in [0.15, 0.2) is 53.4 Å². The molecule has 0 bridgehead atoms. The van der Waals surface area contributed by atoms with Crippen LogP contribution >= 0.6 is 11.7 Å². The summed E-state index contributed by atoms with van der Waals surface area (Å²) < 4.78 is 36.6. The van der Waals surface area contributed by atoms with Crippen molar-refractivity contribution in [3.05, 3.63) is 48.5 Å². The normalized spacial score (nSPS) is 17.9. The highest BCUT2D eigenvalue weighted by Crippen LogP contribution is 2.29. The van der Waals surface area contributed by atoms with Crippen molar-refractivity contribution in [3.63, 3.8) is 0 Å². The zero-order chi connectivity index (χ0) is 20.3. The van der Waals surface area contributed by atoms with E-state index in [4.69, 9.17) is 0 Å². The van der Waals surface area contributed by atoms with Crippen molar-refractivity contribution in [2.75, 3.05) is 18.4 Å². The molecular formula is C19H21N5O3S2. The van der Waals surface area contributed by atoms with Gasteiger partial charge in [-0.15, -0.1) is 0 Å². The zero-order valence-corrected chi connectivity index (χ0v) is 17.2. The summed E-state index contributed by atoms with van der Waals surface area (Å²) in [6.45, 7) is 0.659. The van der Waals surface area contributed by atoms with Crippen molar-refractivity contribution in [1.29, 1.82) is 0 Å². The number of benzene rings is 2. The molecule has 2 aromatic carbocycles. The summed E-state index contributed by atoms with van der Waals surface area (Å²) in [6, 6.07) is 13.5. The maximum Gasteiger partial charge on any atom is 0.319 e. The molecule has 152 valence electrons. The van der Waals surface area contributed by atoms with Gasteiger partial charge in [0.2, 0.25) is 10.0 Å². The predicted octanol–water partition coefficient (Wildman–Crippen LogP) is 3.06. The Kier molecular flexibility index (Phi) is 5.74. The van der Waals surface area contributed by atoms with Crippen LogP contribution in [0.2, 0.25) is 0 Å². The fourth-order valence-corrected chi connectivity index (χ4v) is 5.96. The number of aromatic nitrogens is 2. The Morgan fingerprint density at radius 3 is 2.76 bits per heavy atom. The van der Waals surface area contributed by atoms with Gasteiger partial charge < -0.3 is 10.6 Å². The van der Waals surface area contributed by atoms with Crippen molar-refractivity contribution in [2.45, 2.75) is 30.2 Å². The third kappa shape index (κ3) is 4.24. The number of rotatable bonds is 5. The Morgan fingerprint density at radius 1 is 1.10 bits per heavy atom. The summed E-state index contributed by atoms with van der Waals surface area (Å²) in [4.78, 5) is 12.4. The molecule has 29 heavy (non-hydrogen) atoms. The van der Waals surface area contributed by atoms with E-state index in [1.54, 1.807) is 30.3 Å². The first-order chi connectivity index (χ1) is 14.1. The fraction of sp³-hybridized carbons (Fsp3) is 0.316. The average molecular weight is 432 g/mol. The number of nitrogens with zero attached hydrogens (tertiary/aromatic N) is 3. The molecule has 2 amide bonds. The van der Waals surface area contributed by atoms with Crippen molar-refractivity contribution < 1.29 is 13.2 Å².